The molecule has 2 N–H and O–H groups in total. The molecule has 1 aromatic rings. The Labute approximate surface area is 145 Å². The minimum atomic E-state index is -0.0925. The van der Waals surface area contributed by atoms with E-state index in [2.05, 4.69) is 28.1 Å². The third kappa shape index (κ3) is 4.40. The average Bonchev–Trinajstić information content (AvgIpc) is 3.42. The molecular weight excluding hydrogens is 358 g/mol. The van der Waals surface area contributed by atoms with Gasteiger partial charge in [0.2, 0.25) is 0 Å². The molecule has 0 aromatic heterocycles. The number of nitrogens with two attached hydrogens (primary N) is 1. The van der Waals surface area contributed by atoms with Gasteiger partial charge < -0.3 is 15.2 Å². The quantitative estimate of drug-likeness (QED) is 0.539. The SMILES string of the molecule is CCOC(=O)CCC1CC1c1cc(Br)c(N)c(OCC2CC2)c1. The zero-order chi connectivity index (χ0) is 16.4. The average molecular weight is 382 g/mol. The van der Waals surface area contributed by atoms with Crippen LogP contribution in [0.2, 0.25) is 0 Å². The van der Waals surface area contributed by atoms with Crippen LogP contribution in [0, 0.1) is 11.8 Å². The molecule has 1 aromatic carbocycles. The minimum absolute atomic E-state index is 0.0925. The molecule has 3 rings (SSSR count). The lowest BCUT2D eigenvalue weighted by Crippen LogP contribution is -2.04. The molecule has 0 bridgehead atoms. The molecular formula is C18H24BrNO3. The number of esters is 1. The molecule has 23 heavy (non-hydrogen) atoms. The number of nitrogen functional groups attached to an aromatic ring is 1. The lowest BCUT2D eigenvalue weighted by atomic mass is 10.1. The van der Waals surface area contributed by atoms with Crippen molar-refractivity contribution in [2.75, 3.05) is 18.9 Å². The monoisotopic (exact) mass is 381 g/mol. The van der Waals surface area contributed by atoms with Gasteiger partial charge in [-0.05, 0) is 84.0 Å². The Morgan fingerprint density at radius 3 is 2.87 bits per heavy atom. The number of carbonyl (C=O) groups is 1. The molecule has 0 heterocycles. The molecule has 2 aliphatic carbocycles. The summed E-state index contributed by atoms with van der Waals surface area (Å²) in [5.41, 5.74) is 8.05. The predicted molar refractivity (Wildman–Crippen MR) is 93.5 cm³/mol. The van der Waals surface area contributed by atoms with Crippen LogP contribution < -0.4 is 10.5 Å². The van der Waals surface area contributed by atoms with Crippen LogP contribution in [0.4, 0.5) is 5.69 Å². The van der Waals surface area contributed by atoms with Crippen molar-refractivity contribution in [3.8, 4) is 5.75 Å². The van der Waals surface area contributed by atoms with Gasteiger partial charge in [0.05, 0.1) is 18.9 Å². The minimum Gasteiger partial charge on any atom is -0.491 e. The number of ether oxygens (including phenoxy) is 2. The van der Waals surface area contributed by atoms with Crippen LogP contribution in [0.1, 0.15) is 50.5 Å². The first-order valence-electron chi connectivity index (χ1n) is 8.45. The maximum absolute atomic E-state index is 11.5. The Kier molecular flexibility index (Phi) is 5.14. The summed E-state index contributed by atoms with van der Waals surface area (Å²) in [5, 5.41) is 0. The number of halogens is 1. The summed E-state index contributed by atoms with van der Waals surface area (Å²) in [4.78, 5) is 11.5. The number of carbonyl (C=O) groups excluding carboxylic acids is 1. The number of rotatable bonds is 8. The van der Waals surface area contributed by atoms with Gasteiger partial charge in [-0.3, -0.25) is 4.79 Å². The molecule has 2 saturated carbocycles. The Morgan fingerprint density at radius 2 is 2.17 bits per heavy atom. The molecule has 2 unspecified atom stereocenters. The molecule has 4 nitrogen and oxygen atoms in total. The van der Waals surface area contributed by atoms with Crippen molar-refractivity contribution in [3.05, 3.63) is 22.2 Å². The molecule has 2 atom stereocenters. The van der Waals surface area contributed by atoms with Gasteiger partial charge in [-0.25, -0.2) is 0 Å². The van der Waals surface area contributed by atoms with Gasteiger partial charge >= 0.3 is 5.97 Å². The molecule has 0 saturated heterocycles. The van der Waals surface area contributed by atoms with E-state index in [0.29, 0.717) is 36.5 Å². The van der Waals surface area contributed by atoms with Crippen molar-refractivity contribution in [3.63, 3.8) is 0 Å². The molecule has 2 aliphatic rings. The van der Waals surface area contributed by atoms with Crippen LogP contribution in [0.5, 0.6) is 5.75 Å². The molecule has 0 spiro atoms. The van der Waals surface area contributed by atoms with E-state index >= 15 is 0 Å². The van der Waals surface area contributed by atoms with E-state index in [9.17, 15) is 4.79 Å². The second kappa shape index (κ2) is 7.12. The zero-order valence-corrected chi connectivity index (χ0v) is 15.1. The topological polar surface area (TPSA) is 61.5 Å². The zero-order valence-electron chi connectivity index (χ0n) is 13.5. The Hall–Kier alpha value is -1.23. The van der Waals surface area contributed by atoms with E-state index in [4.69, 9.17) is 15.2 Å². The number of hydrogen-bond donors (Lipinski definition) is 1. The highest BCUT2D eigenvalue weighted by molar-refractivity contribution is 9.10. The number of anilines is 1. The van der Waals surface area contributed by atoms with Crippen LogP contribution in [0.15, 0.2) is 16.6 Å². The first-order chi connectivity index (χ1) is 11.1. The summed E-state index contributed by atoms with van der Waals surface area (Å²) in [6.45, 7) is 3.06. The van der Waals surface area contributed by atoms with E-state index < -0.39 is 0 Å². The van der Waals surface area contributed by atoms with Crippen LogP contribution in [-0.4, -0.2) is 19.2 Å². The van der Waals surface area contributed by atoms with Crippen LogP contribution >= 0.6 is 15.9 Å². The second-order valence-corrected chi connectivity index (χ2v) is 7.47. The molecule has 5 heteroatoms. The smallest absolute Gasteiger partial charge is 0.305 e. The van der Waals surface area contributed by atoms with E-state index in [1.807, 2.05) is 6.92 Å². The standard InChI is InChI=1S/C18H24BrNO3/c1-2-22-17(21)6-5-12-7-14(12)13-8-15(19)18(20)16(9-13)23-10-11-3-4-11/h8-9,11-12,14H,2-7,10,20H2,1H3. The third-order valence-corrected chi connectivity index (χ3v) is 5.32. The molecule has 0 radical (unpaired) electrons. The van der Waals surface area contributed by atoms with Gasteiger partial charge in [0.15, 0.2) is 0 Å². The Morgan fingerprint density at radius 1 is 1.39 bits per heavy atom. The normalized spacial score (nSPS) is 22.7. The fourth-order valence-electron chi connectivity index (χ4n) is 2.95. The lowest BCUT2D eigenvalue weighted by molar-refractivity contribution is -0.143. The summed E-state index contributed by atoms with van der Waals surface area (Å²) >= 11 is 3.54. The Bertz CT molecular complexity index is 586. The summed E-state index contributed by atoms with van der Waals surface area (Å²) in [6, 6.07) is 4.17. The van der Waals surface area contributed by atoms with E-state index in [1.54, 1.807) is 0 Å². The fraction of sp³-hybridized carbons (Fsp3) is 0.611. The maximum atomic E-state index is 11.5. The molecule has 0 amide bonds. The molecule has 126 valence electrons. The van der Waals surface area contributed by atoms with E-state index in [0.717, 1.165) is 29.7 Å². The van der Waals surface area contributed by atoms with Gasteiger partial charge in [-0.1, -0.05) is 0 Å². The van der Waals surface area contributed by atoms with Crippen LogP contribution in [0.3, 0.4) is 0 Å². The summed E-state index contributed by atoms with van der Waals surface area (Å²) in [5.74, 6) is 2.47. The van der Waals surface area contributed by atoms with Gasteiger partial charge in [0, 0.05) is 10.9 Å². The van der Waals surface area contributed by atoms with E-state index in [1.165, 1.54) is 18.4 Å². The maximum Gasteiger partial charge on any atom is 0.305 e. The van der Waals surface area contributed by atoms with Crippen LogP contribution in [0.25, 0.3) is 0 Å². The Balaban J connectivity index is 1.58. The highest BCUT2D eigenvalue weighted by Gasteiger charge is 2.38. The van der Waals surface area contributed by atoms with Gasteiger partial charge in [0.1, 0.15) is 5.75 Å². The predicted octanol–water partition coefficient (Wildman–Crippen LogP) is 4.27. The highest BCUT2D eigenvalue weighted by atomic mass is 79.9. The van der Waals surface area contributed by atoms with Crippen LogP contribution in [-0.2, 0) is 9.53 Å². The van der Waals surface area contributed by atoms with Crippen molar-refractivity contribution in [2.24, 2.45) is 11.8 Å². The van der Waals surface area contributed by atoms with Crippen molar-refractivity contribution in [2.45, 2.75) is 44.9 Å². The summed E-state index contributed by atoms with van der Waals surface area (Å²) < 4.78 is 11.8. The van der Waals surface area contributed by atoms with Crippen molar-refractivity contribution in [1.29, 1.82) is 0 Å². The number of benzene rings is 1. The lowest BCUT2D eigenvalue weighted by Gasteiger charge is -2.12. The van der Waals surface area contributed by atoms with Crippen molar-refractivity contribution < 1.29 is 14.3 Å². The molecule has 2 fully saturated rings. The third-order valence-electron chi connectivity index (χ3n) is 4.66. The van der Waals surface area contributed by atoms with E-state index in [-0.39, 0.29) is 5.97 Å². The summed E-state index contributed by atoms with van der Waals surface area (Å²) in [7, 11) is 0. The van der Waals surface area contributed by atoms with Gasteiger partial charge in [-0.2, -0.15) is 0 Å². The number of hydrogen-bond acceptors (Lipinski definition) is 4. The second-order valence-electron chi connectivity index (χ2n) is 6.61. The highest BCUT2D eigenvalue weighted by Crippen LogP contribution is 2.52. The van der Waals surface area contributed by atoms with Crippen molar-refractivity contribution in [1.82, 2.24) is 0 Å². The first-order valence-corrected chi connectivity index (χ1v) is 9.25. The molecule has 0 aliphatic heterocycles. The van der Waals surface area contributed by atoms with Gasteiger partial charge in [0.25, 0.3) is 0 Å². The first kappa shape index (κ1) is 16.6. The fourth-order valence-corrected chi connectivity index (χ4v) is 3.41. The summed E-state index contributed by atoms with van der Waals surface area (Å²) in [6.07, 6.45) is 5.05. The van der Waals surface area contributed by atoms with Gasteiger partial charge in [-0.15, -0.1) is 0 Å². The van der Waals surface area contributed by atoms with Crippen molar-refractivity contribution >= 4 is 27.6 Å². The largest absolute Gasteiger partial charge is 0.491 e.